The zero-order valence-electron chi connectivity index (χ0n) is 12.3. The maximum Gasteiger partial charge on any atom is 0.315 e. The molecule has 0 radical (unpaired) electrons. The van der Waals surface area contributed by atoms with Gasteiger partial charge in [0, 0.05) is 23.8 Å². The fourth-order valence-corrected chi connectivity index (χ4v) is 4.55. The highest BCUT2D eigenvalue weighted by atomic mass is 32.2. The molecule has 0 spiro atoms. The lowest BCUT2D eigenvalue weighted by molar-refractivity contribution is -0.119. The van der Waals surface area contributed by atoms with Crippen LogP contribution < -0.4 is 10.6 Å². The van der Waals surface area contributed by atoms with Gasteiger partial charge in [0.05, 0.1) is 12.1 Å². The van der Waals surface area contributed by atoms with Gasteiger partial charge in [-0.2, -0.15) is 11.8 Å². The molecule has 2 aliphatic rings. The standard InChI is InChI=1S/C15H26N2O2S/c1-2-3-4-7-11(18)8-5-6-9-13-14-12(10-20-13)16-15(19)17-14/h12-14H,2-10H2,1H3,(H2,16,17,19). The van der Waals surface area contributed by atoms with Gasteiger partial charge in [0.2, 0.25) is 0 Å². The Morgan fingerprint density at radius 3 is 2.70 bits per heavy atom. The molecule has 2 fully saturated rings. The lowest BCUT2D eigenvalue weighted by Gasteiger charge is -2.16. The predicted octanol–water partition coefficient (Wildman–Crippen LogP) is 2.86. The molecule has 2 heterocycles. The number of hydrogen-bond acceptors (Lipinski definition) is 3. The number of urea groups is 1. The first-order valence-electron chi connectivity index (χ1n) is 7.91. The topological polar surface area (TPSA) is 58.2 Å². The third-order valence-corrected chi connectivity index (χ3v) is 5.70. The molecule has 0 aromatic carbocycles. The van der Waals surface area contributed by atoms with Crippen LogP contribution in [0.1, 0.15) is 58.3 Å². The number of thioether (sulfide) groups is 1. The Hall–Kier alpha value is -0.710. The second-order valence-electron chi connectivity index (χ2n) is 5.86. The second kappa shape index (κ2) is 7.91. The van der Waals surface area contributed by atoms with Crippen molar-refractivity contribution in [1.82, 2.24) is 10.6 Å². The molecule has 2 rings (SSSR count). The maximum atomic E-state index is 11.7. The van der Waals surface area contributed by atoms with E-state index in [0.717, 1.165) is 44.3 Å². The monoisotopic (exact) mass is 298 g/mol. The van der Waals surface area contributed by atoms with Crippen LogP contribution in [0.2, 0.25) is 0 Å². The number of hydrogen-bond donors (Lipinski definition) is 2. The van der Waals surface area contributed by atoms with Crippen LogP contribution in [0.4, 0.5) is 4.79 Å². The molecule has 0 bridgehead atoms. The van der Waals surface area contributed by atoms with E-state index in [1.54, 1.807) is 0 Å². The quantitative estimate of drug-likeness (QED) is 0.508. The number of fused-ring (bicyclic) bond motifs is 1. The predicted molar refractivity (Wildman–Crippen MR) is 83.1 cm³/mol. The van der Waals surface area contributed by atoms with E-state index in [0.29, 0.717) is 23.1 Å². The van der Waals surface area contributed by atoms with Crippen molar-refractivity contribution in [3.63, 3.8) is 0 Å². The third kappa shape index (κ3) is 4.40. The Morgan fingerprint density at radius 1 is 1.20 bits per heavy atom. The molecule has 0 aromatic rings. The fourth-order valence-electron chi connectivity index (χ4n) is 3.01. The Balaban J connectivity index is 1.55. The molecule has 2 N–H and O–H groups in total. The van der Waals surface area contributed by atoms with Crippen molar-refractivity contribution in [2.24, 2.45) is 0 Å². The Bertz CT molecular complexity index is 349. The van der Waals surface area contributed by atoms with Crippen molar-refractivity contribution in [3.8, 4) is 0 Å². The number of unbranched alkanes of at least 4 members (excludes halogenated alkanes) is 3. The van der Waals surface area contributed by atoms with Crippen molar-refractivity contribution >= 4 is 23.6 Å². The molecule has 4 nitrogen and oxygen atoms in total. The van der Waals surface area contributed by atoms with Crippen molar-refractivity contribution in [3.05, 3.63) is 0 Å². The minimum Gasteiger partial charge on any atom is -0.332 e. The number of amides is 2. The first kappa shape index (κ1) is 15.7. The summed E-state index contributed by atoms with van der Waals surface area (Å²) in [5.74, 6) is 1.44. The van der Waals surface area contributed by atoms with E-state index in [1.807, 2.05) is 11.8 Å². The van der Waals surface area contributed by atoms with Gasteiger partial charge in [0.15, 0.2) is 0 Å². The summed E-state index contributed by atoms with van der Waals surface area (Å²) in [6.45, 7) is 2.16. The molecule has 2 saturated heterocycles. The van der Waals surface area contributed by atoms with Gasteiger partial charge in [-0.15, -0.1) is 0 Å². The first-order chi connectivity index (χ1) is 9.70. The van der Waals surface area contributed by atoms with Gasteiger partial charge in [0.25, 0.3) is 0 Å². The first-order valence-corrected chi connectivity index (χ1v) is 8.96. The molecule has 0 aromatic heterocycles. The summed E-state index contributed by atoms with van der Waals surface area (Å²) in [6.07, 6.45) is 8.09. The van der Waals surface area contributed by atoms with Crippen LogP contribution in [0, 0.1) is 0 Å². The zero-order valence-corrected chi connectivity index (χ0v) is 13.1. The summed E-state index contributed by atoms with van der Waals surface area (Å²) in [5, 5.41) is 6.49. The van der Waals surface area contributed by atoms with Crippen molar-refractivity contribution < 1.29 is 9.59 Å². The molecule has 114 valence electrons. The smallest absolute Gasteiger partial charge is 0.315 e. The second-order valence-corrected chi connectivity index (χ2v) is 7.14. The number of carbonyl (C=O) groups is 2. The van der Waals surface area contributed by atoms with Gasteiger partial charge in [-0.05, 0) is 19.3 Å². The number of nitrogens with one attached hydrogen (secondary N) is 2. The van der Waals surface area contributed by atoms with E-state index in [-0.39, 0.29) is 6.03 Å². The highest BCUT2D eigenvalue weighted by Gasteiger charge is 2.42. The van der Waals surface area contributed by atoms with Gasteiger partial charge in [-0.1, -0.05) is 26.2 Å². The van der Waals surface area contributed by atoms with Crippen molar-refractivity contribution in [2.45, 2.75) is 75.6 Å². The van der Waals surface area contributed by atoms with E-state index in [1.165, 1.54) is 12.8 Å². The molecular formula is C15H26N2O2S. The highest BCUT2D eigenvalue weighted by molar-refractivity contribution is 8.00. The summed E-state index contributed by atoms with van der Waals surface area (Å²) in [6, 6.07) is 0.595. The van der Waals surface area contributed by atoms with Crippen LogP contribution in [-0.2, 0) is 4.79 Å². The van der Waals surface area contributed by atoms with Crippen LogP contribution in [0.5, 0.6) is 0 Å². The molecule has 5 heteroatoms. The largest absolute Gasteiger partial charge is 0.332 e. The lowest BCUT2D eigenvalue weighted by Crippen LogP contribution is -2.36. The van der Waals surface area contributed by atoms with E-state index in [4.69, 9.17) is 0 Å². The minimum absolute atomic E-state index is 0.0172. The summed E-state index contributed by atoms with van der Waals surface area (Å²) in [7, 11) is 0. The van der Waals surface area contributed by atoms with Gasteiger partial charge in [0.1, 0.15) is 5.78 Å². The number of rotatable bonds is 9. The molecule has 2 amide bonds. The SMILES string of the molecule is CCCCCC(=O)CCCCC1SCC2NC(=O)NC21. The molecule has 0 aliphatic carbocycles. The van der Waals surface area contributed by atoms with Crippen LogP contribution in [-0.4, -0.2) is 34.9 Å². The van der Waals surface area contributed by atoms with E-state index < -0.39 is 0 Å². The van der Waals surface area contributed by atoms with E-state index in [2.05, 4.69) is 17.6 Å². The number of carbonyl (C=O) groups excluding carboxylic acids is 2. The highest BCUT2D eigenvalue weighted by Crippen LogP contribution is 2.33. The molecule has 3 atom stereocenters. The third-order valence-electron chi connectivity index (χ3n) is 4.19. The number of ketones is 1. The summed E-state index contributed by atoms with van der Waals surface area (Å²) < 4.78 is 0. The normalized spacial score (nSPS) is 28.1. The van der Waals surface area contributed by atoms with Crippen LogP contribution in [0.15, 0.2) is 0 Å². The summed E-state index contributed by atoms with van der Waals surface area (Å²) in [5.41, 5.74) is 0. The van der Waals surface area contributed by atoms with Crippen LogP contribution in [0.25, 0.3) is 0 Å². The van der Waals surface area contributed by atoms with Crippen molar-refractivity contribution in [2.75, 3.05) is 5.75 Å². The zero-order chi connectivity index (χ0) is 14.4. The fraction of sp³-hybridized carbons (Fsp3) is 0.867. The number of Topliss-reactive ketones (excluding diaryl/α,β-unsaturated/α-hetero) is 1. The molecule has 3 unspecified atom stereocenters. The maximum absolute atomic E-state index is 11.7. The van der Waals surface area contributed by atoms with Gasteiger partial charge in [-0.25, -0.2) is 4.79 Å². The molecule has 0 saturated carbocycles. The Kier molecular flexibility index (Phi) is 6.20. The van der Waals surface area contributed by atoms with E-state index >= 15 is 0 Å². The van der Waals surface area contributed by atoms with Crippen LogP contribution >= 0.6 is 11.8 Å². The van der Waals surface area contributed by atoms with Gasteiger partial charge < -0.3 is 10.6 Å². The molecule has 20 heavy (non-hydrogen) atoms. The van der Waals surface area contributed by atoms with Gasteiger partial charge >= 0.3 is 6.03 Å². The Morgan fingerprint density at radius 2 is 1.95 bits per heavy atom. The van der Waals surface area contributed by atoms with Crippen LogP contribution in [0.3, 0.4) is 0 Å². The molecular weight excluding hydrogens is 272 g/mol. The summed E-state index contributed by atoms with van der Waals surface area (Å²) >= 11 is 1.95. The average molecular weight is 298 g/mol. The average Bonchev–Trinajstić information content (AvgIpc) is 2.95. The van der Waals surface area contributed by atoms with Gasteiger partial charge in [-0.3, -0.25) is 4.79 Å². The van der Waals surface area contributed by atoms with E-state index in [9.17, 15) is 9.59 Å². The molecule has 2 aliphatic heterocycles. The summed E-state index contributed by atoms with van der Waals surface area (Å²) in [4.78, 5) is 22.9. The van der Waals surface area contributed by atoms with Crippen molar-refractivity contribution in [1.29, 1.82) is 0 Å². The lowest BCUT2D eigenvalue weighted by atomic mass is 10.0. The minimum atomic E-state index is -0.0172. The Labute approximate surface area is 125 Å².